The van der Waals surface area contributed by atoms with Crippen molar-refractivity contribution in [1.29, 1.82) is 0 Å². The summed E-state index contributed by atoms with van der Waals surface area (Å²) in [6.07, 6.45) is 3.00. The lowest BCUT2D eigenvalue weighted by molar-refractivity contribution is 0.144. The predicted octanol–water partition coefficient (Wildman–Crippen LogP) is 3.08. The zero-order chi connectivity index (χ0) is 13.4. The number of pyridine rings is 1. The van der Waals surface area contributed by atoms with Crippen molar-refractivity contribution in [2.45, 2.75) is 24.9 Å². The number of anilines is 1. The summed E-state index contributed by atoms with van der Waals surface area (Å²) >= 11 is 5.89. The van der Waals surface area contributed by atoms with E-state index >= 15 is 0 Å². The molecule has 4 heteroatoms. The number of rotatable bonds is 2. The van der Waals surface area contributed by atoms with Crippen LogP contribution in [0.4, 0.5) is 5.69 Å². The minimum atomic E-state index is -0.631. The molecule has 3 N–H and O–H groups in total. The molecule has 2 atom stereocenters. The molecule has 19 heavy (non-hydrogen) atoms. The maximum atomic E-state index is 10.6. The Morgan fingerprint density at radius 2 is 2.21 bits per heavy atom. The number of fused-ring (bicyclic) bond motifs is 1. The van der Waals surface area contributed by atoms with E-state index < -0.39 is 6.10 Å². The van der Waals surface area contributed by atoms with Gasteiger partial charge in [0.15, 0.2) is 0 Å². The van der Waals surface area contributed by atoms with Gasteiger partial charge < -0.3 is 10.8 Å². The van der Waals surface area contributed by atoms with E-state index in [0.29, 0.717) is 10.7 Å². The first-order valence-corrected chi connectivity index (χ1v) is 6.71. The Kier molecular flexibility index (Phi) is 3.17. The second-order valence-electron chi connectivity index (χ2n) is 4.91. The van der Waals surface area contributed by atoms with Crippen LogP contribution in [0.25, 0.3) is 0 Å². The van der Waals surface area contributed by atoms with E-state index in [0.717, 1.165) is 24.1 Å². The molecule has 0 radical (unpaired) electrons. The average Bonchev–Trinajstić information content (AvgIpc) is 2.82. The number of aromatic nitrogens is 1. The van der Waals surface area contributed by atoms with Crippen molar-refractivity contribution in [3.05, 3.63) is 58.4 Å². The van der Waals surface area contributed by atoms with Gasteiger partial charge in [-0.1, -0.05) is 23.7 Å². The number of nitrogen functional groups attached to an aromatic ring is 1. The van der Waals surface area contributed by atoms with Gasteiger partial charge in [0.05, 0.1) is 6.10 Å². The molecule has 0 fully saturated rings. The lowest BCUT2D eigenvalue weighted by atomic mass is 9.92. The summed E-state index contributed by atoms with van der Waals surface area (Å²) in [7, 11) is 0. The van der Waals surface area contributed by atoms with Crippen molar-refractivity contribution in [1.82, 2.24) is 4.98 Å². The van der Waals surface area contributed by atoms with Crippen LogP contribution in [0.3, 0.4) is 0 Å². The van der Waals surface area contributed by atoms with Gasteiger partial charge in [-0.2, -0.15) is 0 Å². The molecule has 1 aliphatic carbocycles. The second-order valence-corrected chi connectivity index (χ2v) is 5.35. The molecule has 98 valence electrons. The number of hydrogen-bond acceptors (Lipinski definition) is 3. The van der Waals surface area contributed by atoms with Crippen molar-refractivity contribution in [2.24, 2.45) is 0 Å². The van der Waals surface area contributed by atoms with Gasteiger partial charge in [-0.05, 0) is 36.6 Å². The minimum Gasteiger partial charge on any atom is -0.398 e. The van der Waals surface area contributed by atoms with Crippen molar-refractivity contribution in [2.75, 3.05) is 5.73 Å². The Balaban J connectivity index is 1.95. The lowest BCUT2D eigenvalue weighted by Gasteiger charge is -2.20. The van der Waals surface area contributed by atoms with Crippen molar-refractivity contribution < 1.29 is 5.11 Å². The number of nitrogens with zero attached hydrogens (tertiary/aromatic N) is 1. The number of aliphatic hydroxyl groups excluding tert-OH is 1. The van der Waals surface area contributed by atoms with E-state index in [1.165, 1.54) is 5.56 Å². The molecule has 1 aliphatic rings. The van der Waals surface area contributed by atoms with Gasteiger partial charge in [-0.15, -0.1) is 0 Å². The fourth-order valence-electron chi connectivity index (χ4n) is 2.78. The van der Waals surface area contributed by atoms with Gasteiger partial charge in [-0.3, -0.25) is 4.98 Å². The Morgan fingerprint density at radius 3 is 3.00 bits per heavy atom. The van der Waals surface area contributed by atoms with Crippen molar-refractivity contribution in [3.8, 4) is 0 Å². The second kappa shape index (κ2) is 4.83. The molecule has 0 aliphatic heterocycles. The van der Waals surface area contributed by atoms with Gasteiger partial charge in [0.2, 0.25) is 0 Å². The number of halogens is 1. The monoisotopic (exact) mass is 274 g/mol. The van der Waals surface area contributed by atoms with E-state index in [2.05, 4.69) is 11.1 Å². The molecule has 2 unspecified atom stereocenters. The number of aryl methyl sites for hydroxylation is 1. The molecule has 0 saturated carbocycles. The minimum absolute atomic E-state index is 0.0136. The maximum absolute atomic E-state index is 10.6. The fraction of sp³-hybridized carbons (Fsp3) is 0.267. The van der Waals surface area contributed by atoms with E-state index in [1.807, 2.05) is 6.07 Å². The molecule has 1 heterocycles. The smallest absolute Gasteiger partial charge is 0.0893 e. The number of benzene rings is 1. The zero-order valence-corrected chi connectivity index (χ0v) is 11.1. The molecule has 0 bridgehead atoms. The summed E-state index contributed by atoms with van der Waals surface area (Å²) in [6.45, 7) is 0. The highest BCUT2D eigenvalue weighted by molar-refractivity contribution is 6.30. The lowest BCUT2D eigenvalue weighted by Crippen LogP contribution is -2.11. The van der Waals surface area contributed by atoms with Crippen LogP contribution in [0.2, 0.25) is 5.02 Å². The Labute approximate surface area is 117 Å². The highest BCUT2D eigenvalue weighted by Crippen LogP contribution is 2.41. The van der Waals surface area contributed by atoms with Gasteiger partial charge in [0.1, 0.15) is 0 Å². The third-order valence-corrected chi connectivity index (χ3v) is 3.99. The molecule has 1 aromatic heterocycles. The summed E-state index contributed by atoms with van der Waals surface area (Å²) in [5.41, 5.74) is 9.42. The number of aliphatic hydroxyl groups is 1. The van der Waals surface area contributed by atoms with Crippen LogP contribution in [0.1, 0.15) is 35.3 Å². The predicted molar refractivity (Wildman–Crippen MR) is 76.1 cm³/mol. The van der Waals surface area contributed by atoms with E-state index in [1.54, 1.807) is 24.4 Å². The van der Waals surface area contributed by atoms with Gasteiger partial charge >= 0.3 is 0 Å². The number of hydrogen-bond donors (Lipinski definition) is 2. The molecule has 2 aromatic rings. The van der Waals surface area contributed by atoms with E-state index in [-0.39, 0.29) is 5.92 Å². The third kappa shape index (κ3) is 2.20. The first-order chi connectivity index (χ1) is 9.16. The standard InChI is InChI=1S/C15H15ClN2O/c16-10-4-6-11(13(17)8-10)15(19)12-5-3-9-2-1-7-18-14(9)12/h1-2,4,6-8,12,15,19H,3,5,17H2. The van der Waals surface area contributed by atoms with Crippen LogP contribution >= 0.6 is 11.6 Å². The quantitative estimate of drug-likeness (QED) is 0.828. The summed E-state index contributed by atoms with van der Waals surface area (Å²) in [4.78, 5) is 4.41. The topological polar surface area (TPSA) is 59.1 Å². The molecular weight excluding hydrogens is 260 g/mol. The summed E-state index contributed by atoms with van der Waals surface area (Å²) < 4.78 is 0. The van der Waals surface area contributed by atoms with Gasteiger partial charge in [-0.25, -0.2) is 0 Å². The Morgan fingerprint density at radius 1 is 1.37 bits per heavy atom. The van der Waals surface area contributed by atoms with Crippen LogP contribution in [0.15, 0.2) is 36.5 Å². The van der Waals surface area contributed by atoms with E-state index in [4.69, 9.17) is 17.3 Å². The Bertz CT molecular complexity index is 615. The molecular formula is C15H15ClN2O. The summed E-state index contributed by atoms with van der Waals surface area (Å²) in [5.74, 6) is 0.0136. The van der Waals surface area contributed by atoms with Crippen LogP contribution in [-0.2, 0) is 6.42 Å². The zero-order valence-electron chi connectivity index (χ0n) is 10.4. The van der Waals surface area contributed by atoms with Gasteiger partial charge in [0.25, 0.3) is 0 Å². The fourth-order valence-corrected chi connectivity index (χ4v) is 2.96. The van der Waals surface area contributed by atoms with Crippen molar-refractivity contribution >= 4 is 17.3 Å². The first kappa shape index (κ1) is 12.5. The Hall–Kier alpha value is -1.58. The van der Waals surface area contributed by atoms with Crippen LogP contribution in [0, 0.1) is 0 Å². The molecule has 0 amide bonds. The van der Waals surface area contributed by atoms with Crippen LogP contribution in [-0.4, -0.2) is 10.1 Å². The number of nitrogens with two attached hydrogens (primary N) is 1. The molecule has 3 nitrogen and oxygen atoms in total. The van der Waals surface area contributed by atoms with Crippen LogP contribution in [0.5, 0.6) is 0 Å². The summed E-state index contributed by atoms with van der Waals surface area (Å²) in [6, 6.07) is 9.23. The average molecular weight is 275 g/mol. The van der Waals surface area contributed by atoms with Crippen molar-refractivity contribution in [3.63, 3.8) is 0 Å². The highest BCUT2D eigenvalue weighted by atomic mass is 35.5. The molecule has 0 saturated heterocycles. The molecule has 0 spiro atoms. The largest absolute Gasteiger partial charge is 0.398 e. The highest BCUT2D eigenvalue weighted by Gasteiger charge is 2.31. The molecule has 3 rings (SSSR count). The first-order valence-electron chi connectivity index (χ1n) is 6.33. The maximum Gasteiger partial charge on any atom is 0.0893 e. The normalized spacial score (nSPS) is 19.2. The third-order valence-electron chi connectivity index (χ3n) is 3.75. The molecule has 1 aromatic carbocycles. The van der Waals surface area contributed by atoms with Crippen LogP contribution < -0.4 is 5.73 Å². The summed E-state index contributed by atoms with van der Waals surface area (Å²) in [5, 5.41) is 11.2. The SMILES string of the molecule is Nc1cc(Cl)ccc1C(O)C1CCc2cccnc21. The van der Waals surface area contributed by atoms with E-state index in [9.17, 15) is 5.11 Å². The van der Waals surface area contributed by atoms with Gasteiger partial charge in [0, 0.05) is 34.1 Å².